The summed E-state index contributed by atoms with van der Waals surface area (Å²) >= 11 is 0. The first-order valence-electron chi connectivity index (χ1n) is 15.9. The van der Waals surface area contributed by atoms with Gasteiger partial charge in [0.05, 0.1) is 23.5 Å². The van der Waals surface area contributed by atoms with E-state index in [4.69, 9.17) is 9.47 Å². The van der Waals surface area contributed by atoms with Crippen molar-refractivity contribution in [1.82, 2.24) is 14.7 Å². The van der Waals surface area contributed by atoms with Gasteiger partial charge < -0.3 is 19.3 Å². The SMILES string of the molecule is C=C(CCN1C=C(Cc2ccc(CC)cc2)C(=O)C2=C(F)C=CC(OCCC)CC21)OCCN1CCN(C)CC1.CC. The van der Waals surface area contributed by atoms with Crippen molar-refractivity contribution in [2.75, 3.05) is 59.5 Å². The number of piperazine rings is 1. The van der Waals surface area contributed by atoms with Crippen molar-refractivity contribution < 1.29 is 18.7 Å². The third-order valence-corrected chi connectivity index (χ3v) is 8.08. The molecule has 0 amide bonds. The highest BCUT2D eigenvalue weighted by Gasteiger charge is 2.37. The van der Waals surface area contributed by atoms with Crippen LogP contribution in [0.4, 0.5) is 4.39 Å². The van der Waals surface area contributed by atoms with Crippen LogP contribution in [-0.2, 0) is 27.1 Å². The van der Waals surface area contributed by atoms with Gasteiger partial charge in [-0.05, 0) is 37.1 Å². The minimum atomic E-state index is -0.461. The van der Waals surface area contributed by atoms with Crippen molar-refractivity contribution in [3.8, 4) is 0 Å². The fraction of sp³-hybridized carbons (Fsp3) is 0.571. The molecule has 2 aliphatic heterocycles. The third-order valence-electron chi connectivity index (χ3n) is 8.08. The van der Waals surface area contributed by atoms with Crippen LogP contribution in [0.25, 0.3) is 0 Å². The van der Waals surface area contributed by atoms with Crippen LogP contribution in [0.2, 0.25) is 0 Å². The number of ether oxygens (including phenoxy) is 2. The number of nitrogens with zero attached hydrogens (tertiary/aromatic N) is 3. The Morgan fingerprint density at radius 1 is 1.02 bits per heavy atom. The van der Waals surface area contributed by atoms with Crippen LogP contribution >= 0.6 is 0 Å². The highest BCUT2D eigenvalue weighted by atomic mass is 19.1. The summed E-state index contributed by atoms with van der Waals surface area (Å²) < 4.78 is 27.5. The van der Waals surface area contributed by atoms with Gasteiger partial charge in [0.2, 0.25) is 0 Å². The number of carbonyl (C=O) groups is 1. The Balaban J connectivity index is 0.00000237. The largest absolute Gasteiger partial charge is 0.497 e. The molecule has 1 saturated heterocycles. The number of hydrogen-bond acceptors (Lipinski definition) is 6. The predicted molar refractivity (Wildman–Crippen MR) is 170 cm³/mol. The molecule has 2 heterocycles. The lowest BCUT2D eigenvalue weighted by Crippen LogP contribution is -2.45. The molecule has 42 heavy (non-hydrogen) atoms. The average molecular weight is 582 g/mol. The molecule has 2 atom stereocenters. The molecule has 1 aromatic rings. The van der Waals surface area contributed by atoms with Crippen LogP contribution in [0.3, 0.4) is 0 Å². The molecule has 2 unspecified atom stereocenters. The number of likely N-dealkylation sites (N-methyl/N-ethyl adjacent to an activating group) is 1. The van der Waals surface area contributed by atoms with E-state index in [2.05, 4.69) is 66.4 Å². The lowest BCUT2D eigenvalue weighted by Gasteiger charge is -2.37. The van der Waals surface area contributed by atoms with E-state index in [-0.39, 0.29) is 17.5 Å². The minimum Gasteiger partial charge on any atom is -0.497 e. The number of allylic oxidation sites excluding steroid dienone is 3. The first-order valence-corrected chi connectivity index (χ1v) is 15.9. The Hall–Kier alpha value is -2.74. The first-order chi connectivity index (χ1) is 20.4. The van der Waals surface area contributed by atoms with E-state index < -0.39 is 11.9 Å². The van der Waals surface area contributed by atoms with Gasteiger partial charge >= 0.3 is 0 Å². The number of carbonyl (C=O) groups excluding carboxylic acids is 1. The maximum Gasteiger partial charge on any atom is 0.191 e. The van der Waals surface area contributed by atoms with Gasteiger partial charge in [0.1, 0.15) is 12.4 Å². The summed E-state index contributed by atoms with van der Waals surface area (Å²) in [5.41, 5.74) is 3.14. The smallest absolute Gasteiger partial charge is 0.191 e. The van der Waals surface area contributed by atoms with E-state index in [1.807, 2.05) is 20.0 Å². The number of halogens is 1. The van der Waals surface area contributed by atoms with Crippen molar-refractivity contribution in [3.63, 3.8) is 0 Å². The summed E-state index contributed by atoms with van der Waals surface area (Å²) in [4.78, 5) is 20.5. The van der Waals surface area contributed by atoms with Crippen molar-refractivity contribution in [2.24, 2.45) is 0 Å². The molecule has 1 aliphatic carbocycles. The molecule has 0 bridgehead atoms. The van der Waals surface area contributed by atoms with Gasteiger partial charge in [-0.2, -0.15) is 0 Å². The number of benzene rings is 1. The lowest BCUT2D eigenvalue weighted by atomic mass is 9.87. The standard InChI is InChI=1S/C33H46FN3O3.C2H6/c1-5-20-40-29-11-12-30(34)32-31(23-29)37(14-13-25(3)39-21-19-36-17-15-35(4)16-18-36)24-28(33(32)38)22-27-9-7-26(6-2)8-10-27;1-2/h7-12,24,29,31H,3,5-6,13-23H2,1-2,4H3;1-2H3. The molecule has 1 fully saturated rings. The summed E-state index contributed by atoms with van der Waals surface area (Å²) in [6, 6.07) is 7.92. The zero-order chi connectivity index (χ0) is 30.5. The maximum atomic E-state index is 15.5. The molecule has 0 saturated carbocycles. The fourth-order valence-electron chi connectivity index (χ4n) is 5.51. The fourth-order valence-corrected chi connectivity index (χ4v) is 5.51. The molecule has 232 valence electrons. The maximum absolute atomic E-state index is 15.5. The Labute approximate surface area is 253 Å². The summed E-state index contributed by atoms with van der Waals surface area (Å²) in [5.74, 6) is 0.0470. The molecule has 3 aliphatic rings. The minimum absolute atomic E-state index is 0.207. The van der Waals surface area contributed by atoms with E-state index in [0.29, 0.717) is 50.4 Å². The molecule has 0 aromatic heterocycles. The second-order valence-electron chi connectivity index (χ2n) is 11.1. The second kappa shape index (κ2) is 17.4. The van der Waals surface area contributed by atoms with Gasteiger partial charge in [-0.1, -0.05) is 64.6 Å². The molecule has 0 radical (unpaired) electrons. The predicted octanol–water partition coefficient (Wildman–Crippen LogP) is 6.10. The molecule has 7 heteroatoms. The number of ketones is 1. The van der Waals surface area contributed by atoms with Gasteiger partial charge in [0.25, 0.3) is 0 Å². The van der Waals surface area contributed by atoms with Crippen molar-refractivity contribution in [3.05, 3.63) is 83.1 Å². The van der Waals surface area contributed by atoms with Crippen LogP contribution in [0, 0.1) is 0 Å². The van der Waals surface area contributed by atoms with Crippen LogP contribution in [-0.4, -0.2) is 92.2 Å². The van der Waals surface area contributed by atoms with Gasteiger partial charge in [0.15, 0.2) is 5.78 Å². The Morgan fingerprint density at radius 2 is 1.71 bits per heavy atom. The zero-order valence-electron chi connectivity index (χ0n) is 26.5. The lowest BCUT2D eigenvalue weighted by molar-refractivity contribution is -0.113. The van der Waals surface area contributed by atoms with E-state index >= 15 is 4.39 Å². The third kappa shape index (κ3) is 9.65. The van der Waals surface area contributed by atoms with Gasteiger partial charge in [-0.3, -0.25) is 9.69 Å². The Bertz CT molecular complexity index is 1100. The number of aryl methyl sites for hydroxylation is 1. The molecule has 6 nitrogen and oxygen atoms in total. The van der Waals surface area contributed by atoms with E-state index in [0.717, 1.165) is 51.1 Å². The van der Waals surface area contributed by atoms with E-state index in [1.54, 1.807) is 6.08 Å². The molecule has 1 aromatic carbocycles. The number of fused-ring (bicyclic) bond motifs is 1. The van der Waals surface area contributed by atoms with Crippen LogP contribution in [0.5, 0.6) is 0 Å². The van der Waals surface area contributed by atoms with Crippen molar-refractivity contribution in [2.45, 2.75) is 71.9 Å². The van der Waals surface area contributed by atoms with E-state index in [9.17, 15) is 4.79 Å². The highest BCUT2D eigenvalue weighted by Crippen LogP contribution is 2.34. The second-order valence-corrected chi connectivity index (χ2v) is 11.1. The highest BCUT2D eigenvalue weighted by molar-refractivity contribution is 6.10. The monoisotopic (exact) mass is 581 g/mol. The first kappa shape index (κ1) is 33.8. The summed E-state index contributed by atoms with van der Waals surface area (Å²) in [6.45, 7) is 19.3. The molecule has 4 rings (SSSR count). The molecular formula is C35H52FN3O3. The number of hydrogen-bond donors (Lipinski definition) is 0. The topological polar surface area (TPSA) is 45.3 Å². The van der Waals surface area contributed by atoms with Gasteiger partial charge in [-0.25, -0.2) is 4.39 Å². The Kier molecular flexibility index (Phi) is 14.0. The van der Waals surface area contributed by atoms with Crippen LogP contribution in [0.15, 0.2) is 71.9 Å². The van der Waals surface area contributed by atoms with Gasteiger partial charge in [-0.15, -0.1) is 0 Å². The summed E-state index contributed by atoms with van der Waals surface area (Å²) in [6.07, 6.45) is 8.31. The van der Waals surface area contributed by atoms with Crippen LogP contribution < -0.4 is 0 Å². The quantitative estimate of drug-likeness (QED) is 0.262. The molecule has 0 spiro atoms. The van der Waals surface area contributed by atoms with Crippen molar-refractivity contribution in [1.29, 1.82) is 0 Å². The average Bonchev–Trinajstić information content (AvgIpc) is 3.18. The van der Waals surface area contributed by atoms with E-state index in [1.165, 1.54) is 11.6 Å². The molecular weight excluding hydrogens is 529 g/mol. The molecule has 0 N–H and O–H groups in total. The summed E-state index contributed by atoms with van der Waals surface area (Å²) in [5, 5.41) is 0. The summed E-state index contributed by atoms with van der Waals surface area (Å²) in [7, 11) is 2.15. The zero-order valence-corrected chi connectivity index (χ0v) is 26.5. The number of Topliss-reactive ketones (excluding diaryl/α,β-unsaturated/α-hetero) is 1. The van der Waals surface area contributed by atoms with Crippen LogP contribution in [0.1, 0.15) is 58.1 Å². The van der Waals surface area contributed by atoms with Crippen molar-refractivity contribution >= 4 is 5.78 Å². The normalized spacial score (nSPS) is 21.3. The number of rotatable bonds is 13. The van der Waals surface area contributed by atoms with Gasteiger partial charge in [0, 0.05) is 76.9 Å². The Morgan fingerprint density at radius 3 is 2.38 bits per heavy atom.